The maximum Gasteiger partial charge on any atom is 0.405 e. The number of aromatic amines is 1. The highest BCUT2D eigenvalue weighted by molar-refractivity contribution is 5.86. The average Bonchev–Trinajstić information content (AvgIpc) is 3.59. The number of aromatic nitrogens is 3. The number of carbonyl (C=O) groups excluding carboxylic acids is 1. The number of hydrogen-bond donors (Lipinski definition) is 5. The van der Waals surface area contributed by atoms with E-state index in [0.29, 0.717) is 18.1 Å². The van der Waals surface area contributed by atoms with Gasteiger partial charge in [0.05, 0.1) is 0 Å². The molecule has 10 nitrogen and oxygen atoms in total. The molecule has 0 saturated heterocycles. The summed E-state index contributed by atoms with van der Waals surface area (Å²) >= 11 is 0. The van der Waals surface area contributed by atoms with E-state index >= 15 is 0 Å². The lowest BCUT2D eigenvalue weighted by molar-refractivity contribution is -0.124. The van der Waals surface area contributed by atoms with Crippen molar-refractivity contribution in [3.05, 3.63) is 76.6 Å². The van der Waals surface area contributed by atoms with Crippen LogP contribution in [-0.4, -0.2) is 43.4 Å². The summed E-state index contributed by atoms with van der Waals surface area (Å²) in [5.74, 6) is 3.08. The number of fused-ring (bicyclic) bond motifs is 1. The van der Waals surface area contributed by atoms with Gasteiger partial charge in [0, 0.05) is 36.4 Å². The van der Waals surface area contributed by atoms with E-state index in [-0.39, 0.29) is 17.6 Å². The average molecular weight is 612 g/mol. The van der Waals surface area contributed by atoms with E-state index in [0.717, 1.165) is 57.3 Å². The Morgan fingerprint density at radius 1 is 1.02 bits per heavy atom. The van der Waals surface area contributed by atoms with Crippen LogP contribution in [0.25, 0.3) is 10.9 Å². The van der Waals surface area contributed by atoms with Crippen molar-refractivity contribution in [2.75, 3.05) is 0 Å². The summed E-state index contributed by atoms with van der Waals surface area (Å²) in [5.41, 5.74) is 4.55. The number of para-hydroxylation sites is 1. The standard InChI is InChI=1S/C35H41N5O5/c1-19-7-25(41)8-20(2)27(19)13-29(38-34(43)44)32(42)37-30(12-24-18-36-28-6-4-3-5-26(24)28)33-39-31(40-45-33)17-35-14-21-9-22(15-35)11-23(10-21)16-35/h3-8,18,21-23,29-30,36,38,41H,9-17H2,1-2H3,(H,37,42)(H,43,44). The van der Waals surface area contributed by atoms with Crippen LogP contribution in [-0.2, 0) is 24.1 Å². The van der Waals surface area contributed by atoms with Gasteiger partial charge in [-0.05, 0) is 116 Å². The number of nitrogens with one attached hydrogen (secondary N) is 3. The number of aryl methyl sites for hydroxylation is 2. The normalized spacial score (nSPS) is 24.9. The maximum atomic E-state index is 13.9. The summed E-state index contributed by atoms with van der Waals surface area (Å²) in [6.45, 7) is 3.67. The van der Waals surface area contributed by atoms with Gasteiger partial charge in [0.1, 0.15) is 17.8 Å². The molecule has 0 aliphatic heterocycles. The molecule has 2 atom stereocenters. The largest absolute Gasteiger partial charge is 0.508 e. The highest BCUT2D eigenvalue weighted by atomic mass is 16.5. The molecule has 8 rings (SSSR count). The summed E-state index contributed by atoms with van der Waals surface area (Å²) in [6.07, 6.45) is 9.71. The van der Waals surface area contributed by atoms with Gasteiger partial charge in [-0.1, -0.05) is 23.4 Å². The van der Waals surface area contributed by atoms with Crippen molar-refractivity contribution in [3.63, 3.8) is 0 Å². The minimum Gasteiger partial charge on any atom is -0.508 e. The highest BCUT2D eigenvalue weighted by Gasteiger charge is 2.51. The zero-order valence-corrected chi connectivity index (χ0v) is 25.8. The number of rotatable bonds is 10. The predicted octanol–water partition coefficient (Wildman–Crippen LogP) is 5.91. The second-order valence-corrected chi connectivity index (χ2v) is 14.0. The lowest BCUT2D eigenvalue weighted by Gasteiger charge is -2.56. The van der Waals surface area contributed by atoms with Gasteiger partial charge in [-0.3, -0.25) is 4.79 Å². The first-order chi connectivity index (χ1) is 21.6. The number of carbonyl (C=O) groups is 2. The Labute approximate surface area is 262 Å². The van der Waals surface area contributed by atoms with Crippen molar-refractivity contribution < 1.29 is 24.3 Å². The van der Waals surface area contributed by atoms with Crippen LogP contribution in [0.3, 0.4) is 0 Å². The molecule has 2 aromatic heterocycles. The molecule has 4 saturated carbocycles. The fourth-order valence-corrected chi connectivity index (χ4v) is 9.17. The molecule has 0 radical (unpaired) electrons. The van der Waals surface area contributed by atoms with Crippen LogP contribution in [0.15, 0.2) is 47.1 Å². The summed E-state index contributed by atoms with van der Waals surface area (Å²) in [4.78, 5) is 33.9. The first-order valence-corrected chi connectivity index (χ1v) is 16.1. The van der Waals surface area contributed by atoms with Crippen LogP contribution in [0.1, 0.15) is 78.5 Å². The zero-order valence-electron chi connectivity index (χ0n) is 25.8. The number of H-pyrrole nitrogens is 1. The van der Waals surface area contributed by atoms with Gasteiger partial charge in [-0.25, -0.2) is 4.79 Å². The molecular weight excluding hydrogens is 570 g/mol. The number of amides is 2. The van der Waals surface area contributed by atoms with Crippen molar-refractivity contribution in [2.24, 2.45) is 23.2 Å². The second-order valence-electron chi connectivity index (χ2n) is 14.0. The molecule has 236 valence electrons. The topological polar surface area (TPSA) is 153 Å². The lowest BCUT2D eigenvalue weighted by Crippen LogP contribution is -2.49. The van der Waals surface area contributed by atoms with Gasteiger partial charge in [0.2, 0.25) is 11.8 Å². The maximum absolute atomic E-state index is 13.9. The molecular formula is C35H41N5O5. The summed E-state index contributed by atoms with van der Waals surface area (Å²) < 4.78 is 5.88. The minimum atomic E-state index is -1.30. The van der Waals surface area contributed by atoms with Gasteiger partial charge in [-0.15, -0.1) is 0 Å². The molecule has 4 fully saturated rings. The van der Waals surface area contributed by atoms with Crippen LogP contribution in [0, 0.1) is 37.0 Å². The third kappa shape index (κ3) is 6.02. The van der Waals surface area contributed by atoms with E-state index in [1.54, 1.807) is 12.1 Å². The molecule has 0 spiro atoms. The minimum absolute atomic E-state index is 0.122. The summed E-state index contributed by atoms with van der Waals surface area (Å²) in [6, 6.07) is 9.43. The smallest absolute Gasteiger partial charge is 0.405 e. The molecule has 4 aliphatic carbocycles. The van der Waals surface area contributed by atoms with Crippen LogP contribution >= 0.6 is 0 Å². The Balaban J connectivity index is 1.16. The first-order valence-electron chi connectivity index (χ1n) is 16.1. The Kier molecular flexibility index (Phi) is 7.54. The van der Waals surface area contributed by atoms with Gasteiger partial charge >= 0.3 is 6.09 Å². The Hall–Kier alpha value is -4.34. The third-order valence-corrected chi connectivity index (χ3v) is 10.6. The Morgan fingerprint density at radius 2 is 1.69 bits per heavy atom. The van der Waals surface area contributed by atoms with Gasteiger partial charge in [-0.2, -0.15) is 4.98 Å². The molecule has 2 aromatic carbocycles. The number of hydrogen-bond acceptors (Lipinski definition) is 6. The van der Waals surface area contributed by atoms with Crippen molar-refractivity contribution in [1.82, 2.24) is 25.8 Å². The van der Waals surface area contributed by atoms with Crippen molar-refractivity contribution in [1.29, 1.82) is 0 Å². The van der Waals surface area contributed by atoms with Crippen LogP contribution < -0.4 is 10.6 Å². The van der Waals surface area contributed by atoms with Gasteiger partial charge in [0.15, 0.2) is 5.82 Å². The number of aromatic hydroxyl groups is 1. The van der Waals surface area contributed by atoms with E-state index in [1.807, 2.05) is 44.3 Å². The van der Waals surface area contributed by atoms with Crippen molar-refractivity contribution in [2.45, 2.75) is 83.7 Å². The van der Waals surface area contributed by atoms with Gasteiger partial charge < -0.3 is 30.4 Å². The molecule has 2 heterocycles. The second kappa shape index (κ2) is 11.5. The third-order valence-electron chi connectivity index (χ3n) is 10.6. The molecule has 4 aliphatic rings. The number of phenolic OH excluding ortho intramolecular Hbond substituents is 1. The quantitative estimate of drug-likeness (QED) is 0.149. The zero-order chi connectivity index (χ0) is 31.3. The van der Waals surface area contributed by atoms with E-state index in [2.05, 4.69) is 20.8 Å². The van der Waals surface area contributed by atoms with E-state index < -0.39 is 24.1 Å². The van der Waals surface area contributed by atoms with Crippen LogP contribution in [0.4, 0.5) is 4.79 Å². The SMILES string of the molecule is Cc1cc(O)cc(C)c1CC(NC(=O)O)C(=O)NC(Cc1c[nH]c2ccccc12)c1nc(CC23CC4CC(CC(C4)C2)C3)no1. The Bertz CT molecular complexity index is 1680. The molecule has 5 N–H and O–H groups in total. The number of benzene rings is 2. The van der Waals surface area contributed by atoms with Crippen LogP contribution in [0.5, 0.6) is 5.75 Å². The molecule has 4 bridgehead atoms. The van der Waals surface area contributed by atoms with Crippen LogP contribution in [0.2, 0.25) is 0 Å². The summed E-state index contributed by atoms with van der Waals surface area (Å²) in [5, 5.41) is 30.6. The van der Waals surface area contributed by atoms with E-state index in [1.165, 1.54) is 38.5 Å². The molecule has 2 amide bonds. The Morgan fingerprint density at radius 3 is 2.36 bits per heavy atom. The summed E-state index contributed by atoms with van der Waals surface area (Å²) in [7, 11) is 0. The molecule has 2 unspecified atom stereocenters. The number of phenols is 1. The van der Waals surface area contributed by atoms with Crippen molar-refractivity contribution >= 4 is 22.9 Å². The number of nitrogens with zero attached hydrogens (tertiary/aromatic N) is 2. The molecule has 10 heteroatoms. The van der Waals surface area contributed by atoms with Crippen molar-refractivity contribution in [3.8, 4) is 5.75 Å². The molecule has 45 heavy (non-hydrogen) atoms. The monoisotopic (exact) mass is 611 g/mol. The molecule has 4 aromatic rings. The lowest BCUT2D eigenvalue weighted by atomic mass is 9.49. The number of carboxylic acid groups (broad SMARTS) is 1. The fraction of sp³-hybridized carbons (Fsp3) is 0.486. The highest BCUT2D eigenvalue weighted by Crippen LogP contribution is 2.60. The van der Waals surface area contributed by atoms with E-state index in [9.17, 15) is 19.8 Å². The fourth-order valence-electron chi connectivity index (χ4n) is 9.17. The first kappa shape index (κ1) is 29.4. The predicted molar refractivity (Wildman–Crippen MR) is 168 cm³/mol. The van der Waals surface area contributed by atoms with Gasteiger partial charge in [0.25, 0.3) is 0 Å². The van der Waals surface area contributed by atoms with E-state index in [4.69, 9.17) is 9.51 Å².